The molecule has 0 fully saturated rings. The SMILES string of the molecule is CCc1nnc2c(C(=O)NO)cc3cc(Cl)ccc3n12. The largest absolute Gasteiger partial charge is 0.288 e. The molecule has 1 aromatic carbocycles. The lowest BCUT2D eigenvalue weighted by Crippen LogP contribution is -2.19. The van der Waals surface area contributed by atoms with Crippen LogP contribution in [-0.4, -0.2) is 25.7 Å². The number of pyridine rings is 1. The zero-order valence-electron chi connectivity index (χ0n) is 10.6. The highest BCUT2D eigenvalue weighted by Crippen LogP contribution is 2.24. The van der Waals surface area contributed by atoms with Gasteiger partial charge in [0.25, 0.3) is 5.91 Å². The average Bonchev–Trinajstić information content (AvgIpc) is 2.89. The van der Waals surface area contributed by atoms with Crippen LogP contribution < -0.4 is 5.48 Å². The van der Waals surface area contributed by atoms with Gasteiger partial charge in [-0.15, -0.1) is 10.2 Å². The summed E-state index contributed by atoms with van der Waals surface area (Å²) in [7, 11) is 0. The molecular weight excluding hydrogens is 280 g/mol. The zero-order chi connectivity index (χ0) is 14.3. The molecule has 3 aromatic rings. The maximum atomic E-state index is 11.8. The third-order valence-corrected chi connectivity index (χ3v) is 3.40. The van der Waals surface area contributed by atoms with E-state index in [-0.39, 0.29) is 5.56 Å². The number of carbonyl (C=O) groups excluding carboxylic acids is 1. The van der Waals surface area contributed by atoms with Gasteiger partial charge in [0.05, 0.1) is 11.1 Å². The first kappa shape index (κ1) is 12.8. The lowest BCUT2D eigenvalue weighted by atomic mass is 10.1. The third-order valence-electron chi connectivity index (χ3n) is 3.16. The number of aryl methyl sites for hydroxylation is 1. The van der Waals surface area contributed by atoms with Gasteiger partial charge in [-0.1, -0.05) is 18.5 Å². The van der Waals surface area contributed by atoms with Crippen LogP contribution in [0.5, 0.6) is 0 Å². The van der Waals surface area contributed by atoms with Gasteiger partial charge in [0.2, 0.25) is 0 Å². The fourth-order valence-electron chi connectivity index (χ4n) is 2.27. The molecule has 3 rings (SSSR count). The van der Waals surface area contributed by atoms with E-state index in [0.29, 0.717) is 17.1 Å². The van der Waals surface area contributed by atoms with Crippen molar-refractivity contribution in [2.24, 2.45) is 0 Å². The summed E-state index contributed by atoms with van der Waals surface area (Å²) in [6, 6.07) is 7.02. The number of hydroxylamine groups is 1. The number of nitrogens with one attached hydrogen (secondary N) is 1. The standard InChI is InChI=1S/C13H11ClN4O2/c1-2-11-15-16-12-9(13(19)17-20)6-7-5-8(14)3-4-10(7)18(11)12/h3-6,20H,2H2,1H3,(H,17,19). The van der Waals surface area contributed by atoms with Gasteiger partial charge < -0.3 is 0 Å². The molecule has 7 heteroatoms. The Balaban J connectivity index is 2.50. The second kappa shape index (κ2) is 4.73. The van der Waals surface area contributed by atoms with E-state index in [9.17, 15) is 4.79 Å². The molecule has 20 heavy (non-hydrogen) atoms. The summed E-state index contributed by atoms with van der Waals surface area (Å²) in [6.07, 6.45) is 0.670. The maximum absolute atomic E-state index is 11.8. The van der Waals surface area contributed by atoms with E-state index in [0.717, 1.165) is 16.7 Å². The predicted octanol–water partition coefficient (Wildman–Crippen LogP) is 2.22. The maximum Gasteiger partial charge on any atom is 0.278 e. The first-order valence-electron chi connectivity index (χ1n) is 6.06. The lowest BCUT2D eigenvalue weighted by molar-refractivity contribution is 0.0708. The Bertz CT molecular complexity index is 828. The molecule has 0 radical (unpaired) electrons. The molecular formula is C13H11ClN4O2. The van der Waals surface area contributed by atoms with E-state index in [1.54, 1.807) is 28.1 Å². The highest BCUT2D eigenvalue weighted by atomic mass is 35.5. The number of nitrogens with zero attached hydrogens (tertiary/aromatic N) is 3. The Kier molecular flexibility index (Phi) is 3.04. The molecule has 2 N–H and O–H groups in total. The molecule has 0 aliphatic carbocycles. The van der Waals surface area contributed by atoms with Crippen molar-refractivity contribution >= 4 is 34.1 Å². The molecule has 0 unspecified atom stereocenters. The summed E-state index contributed by atoms with van der Waals surface area (Å²) >= 11 is 5.99. The number of aromatic nitrogens is 3. The number of fused-ring (bicyclic) bond motifs is 3. The quantitative estimate of drug-likeness (QED) is 0.560. The summed E-state index contributed by atoms with van der Waals surface area (Å²) in [6.45, 7) is 1.96. The predicted molar refractivity (Wildman–Crippen MR) is 74.1 cm³/mol. The van der Waals surface area contributed by atoms with Crippen molar-refractivity contribution in [3.05, 3.63) is 40.7 Å². The van der Waals surface area contributed by atoms with Crippen molar-refractivity contribution < 1.29 is 10.0 Å². The van der Waals surface area contributed by atoms with Gasteiger partial charge in [-0.3, -0.25) is 14.4 Å². The van der Waals surface area contributed by atoms with Crippen LogP contribution in [0.25, 0.3) is 16.6 Å². The van der Waals surface area contributed by atoms with Gasteiger partial charge in [-0.25, -0.2) is 5.48 Å². The van der Waals surface area contributed by atoms with Gasteiger partial charge in [0, 0.05) is 16.8 Å². The number of rotatable bonds is 2. The molecule has 102 valence electrons. The fraction of sp³-hybridized carbons (Fsp3) is 0.154. The fourth-order valence-corrected chi connectivity index (χ4v) is 2.45. The summed E-state index contributed by atoms with van der Waals surface area (Å²) < 4.78 is 1.80. The Morgan fingerprint density at radius 2 is 2.20 bits per heavy atom. The van der Waals surface area contributed by atoms with E-state index < -0.39 is 5.91 Å². The van der Waals surface area contributed by atoms with Crippen molar-refractivity contribution in [1.29, 1.82) is 0 Å². The Morgan fingerprint density at radius 3 is 2.90 bits per heavy atom. The molecule has 1 amide bonds. The minimum atomic E-state index is -0.632. The van der Waals surface area contributed by atoms with Gasteiger partial charge in [0.1, 0.15) is 5.82 Å². The van der Waals surface area contributed by atoms with Crippen molar-refractivity contribution in [3.63, 3.8) is 0 Å². The summed E-state index contributed by atoms with van der Waals surface area (Å²) in [5.74, 6) is 0.104. The highest BCUT2D eigenvalue weighted by Gasteiger charge is 2.17. The number of amides is 1. The van der Waals surface area contributed by atoms with E-state index in [4.69, 9.17) is 16.8 Å². The molecule has 6 nitrogen and oxygen atoms in total. The second-order valence-corrected chi connectivity index (χ2v) is 4.77. The van der Waals surface area contributed by atoms with Crippen LogP contribution in [0.4, 0.5) is 0 Å². The minimum absolute atomic E-state index is 0.245. The van der Waals surface area contributed by atoms with Gasteiger partial charge in [-0.05, 0) is 24.3 Å². The monoisotopic (exact) mass is 290 g/mol. The molecule has 0 bridgehead atoms. The highest BCUT2D eigenvalue weighted by molar-refractivity contribution is 6.31. The third kappa shape index (κ3) is 1.81. The van der Waals surface area contributed by atoms with Crippen LogP contribution in [0.3, 0.4) is 0 Å². The van der Waals surface area contributed by atoms with E-state index >= 15 is 0 Å². The summed E-state index contributed by atoms with van der Waals surface area (Å²) in [5, 5.41) is 18.3. The van der Waals surface area contributed by atoms with Gasteiger partial charge in [0.15, 0.2) is 5.65 Å². The molecule has 0 saturated carbocycles. The van der Waals surface area contributed by atoms with Crippen molar-refractivity contribution in [2.45, 2.75) is 13.3 Å². The molecule has 0 aliphatic heterocycles. The number of hydrogen-bond acceptors (Lipinski definition) is 4. The second-order valence-electron chi connectivity index (χ2n) is 4.33. The van der Waals surface area contributed by atoms with E-state index in [1.807, 2.05) is 13.0 Å². The zero-order valence-corrected chi connectivity index (χ0v) is 11.3. The summed E-state index contributed by atoms with van der Waals surface area (Å²) in [5.41, 5.74) is 3.14. The molecule has 0 spiro atoms. The molecule has 2 heterocycles. The smallest absolute Gasteiger partial charge is 0.278 e. The molecule has 0 saturated heterocycles. The minimum Gasteiger partial charge on any atom is -0.288 e. The number of carbonyl (C=O) groups is 1. The summed E-state index contributed by atoms with van der Waals surface area (Å²) in [4.78, 5) is 11.8. The van der Waals surface area contributed by atoms with E-state index in [1.165, 1.54) is 0 Å². The molecule has 0 atom stereocenters. The Morgan fingerprint density at radius 1 is 1.40 bits per heavy atom. The van der Waals surface area contributed by atoms with Crippen LogP contribution in [0.15, 0.2) is 24.3 Å². The number of hydrogen-bond donors (Lipinski definition) is 2. The van der Waals surface area contributed by atoms with Crippen molar-refractivity contribution in [1.82, 2.24) is 20.1 Å². The van der Waals surface area contributed by atoms with Crippen molar-refractivity contribution in [3.8, 4) is 0 Å². The van der Waals surface area contributed by atoms with Crippen LogP contribution >= 0.6 is 11.6 Å². The van der Waals surface area contributed by atoms with Crippen LogP contribution in [0.2, 0.25) is 5.02 Å². The van der Waals surface area contributed by atoms with E-state index in [2.05, 4.69) is 10.2 Å². The molecule has 2 aromatic heterocycles. The first-order chi connectivity index (χ1) is 9.65. The Labute approximate surface area is 118 Å². The van der Waals surface area contributed by atoms with Crippen molar-refractivity contribution in [2.75, 3.05) is 0 Å². The van der Waals surface area contributed by atoms with Crippen LogP contribution in [0.1, 0.15) is 23.1 Å². The van der Waals surface area contributed by atoms with Gasteiger partial charge in [-0.2, -0.15) is 0 Å². The van der Waals surface area contributed by atoms with Gasteiger partial charge >= 0.3 is 0 Å². The Hall–Kier alpha value is -2.18. The number of benzene rings is 1. The average molecular weight is 291 g/mol. The first-order valence-corrected chi connectivity index (χ1v) is 6.44. The van der Waals surface area contributed by atoms with Crippen LogP contribution in [0, 0.1) is 0 Å². The topological polar surface area (TPSA) is 79.5 Å². The lowest BCUT2D eigenvalue weighted by Gasteiger charge is -2.08. The molecule has 0 aliphatic rings. The van der Waals surface area contributed by atoms with Crippen LogP contribution in [-0.2, 0) is 6.42 Å². The number of halogens is 1. The normalized spacial score (nSPS) is 11.2.